The summed E-state index contributed by atoms with van der Waals surface area (Å²) < 4.78 is 41.2. The number of nitrogens with zero attached hydrogens (tertiary/aromatic N) is 1. The van der Waals surface area contributed by atoms with Gasteiger partial charge in [-0.3, -0.25) is 0 Å². The fourth-order valence-electron chi connectivity index (χ4n) is 2.35. The summed E-state index contributed by atoms with van der Waals surface area (Å²) in [5.41, 5.74) is 1.36. The quantitative estimate of drug-likeness (QED) is 0.722. The van der Waals surface area contributed by atoms with Gasteiger partial charge < -0.3 is 14.2 Å². The topological polar surface area (TPSA) is 85.6 Å². The molecule has 2 rings (SSSR count). The van der Waals surface area contributed by atoms with Crippen molar-refractivity contribution < 1.29 is 22.6 Å². The third kappa shape index (κ3) is 3.81. The average Bonchev–Trinajstić information content (AvgIpc) is 2.65. The maximum Gasteiger partial charge on any atom is 0.216 e. The fraction of sp³-hybridized carbons (Fsp3) is 0.211. The van der Waals surface area contributed by atoms with Crippen molar-refractivity contribution >= 4 is 15.9 Å². The number of hydrogen-bond acceptors (Lipinski definition) is 6. The van der Waals surface area contributed by atoms with E-state index in [2.05, 4.69) is 0 Å². The third-order valence-corrected chi connectivity index (χ3v) is 5.40. The number of nitriles is 1. The molecule has 0 bridgehead atoms. The van der Waals surface area contributed by atoms with E-state index < -0.39 is 9.84 Å². The maximum atomic E-state index is 12.7. The van der Waals surface area contributed by atoms with Crippen molar-refractivity contribution in [1.29, 1.82) is 5.26 Å². The minimum absolute atomic E-state index is 0.0586. The molecular formula is C19H19NO5S. The van der Waals surface area contributed by atoms with Gasteiger partial charge in [0.05, 0.1) is 26.2 Å². The molecule has 0 saturated carbocycles. The third-order valence-electron chi connectivity index (χ3n) is 3.72. The number of sulfone groups is 1. The predicted molar refractivity (Wildman–Crippen MR) is 98.1 cm³/mol. The zero-order valence-electron chi connectivity index (χ0n) is 14.9. The van der Waals surface area contributed by atoms with Gasteiger partial charge in [0.2, 0.25) is 15.6 Å². The summed E-state index contributed by atoms with van der Waals surface area (Å²) in [5.74, 6) is 1.11. The monoisotopic (exact) mass is 373 g/mol. The number of rotatable bonds is 6. The van der Waals surface area contributed by atoms with Crippen LogP contribution < -0.4 is 14.2 Å². The van der Waals surface area contributed by atoms with Crippen LogP contribution in [-0.4, -0.2) is 29.7 Å². The lowest BCUT2D eigenvalue weighted by molar-refractivity contribution is 0.324. The first-order valence-corrected chi connectivity index (χ1v) is 9.09. The molecule has 0 heterocycles. The summed E-state index contributed by atoms with van der Waals surface area (Å²) in [6.45, 7) is 1.85. The molecule has 0 aromatic heterocycles. The Balaban J connectivity index is 2.59. The lowest BCUT2D eigenvalue weighted by Crippen LogP contribution is -2.03. The smallest absolute Gasteiger partial charge is 0.216 e. The van der Waals surface area contributed by atoms with Gasteiger partial charge in [-0.1, -0.05) is 17.7 Å². The van der Waals surface area contributed by atoms with Crippen LogP contribution >= 0.6 is 0 Å². The average molecular weight is 373 g/mol. The van der Waals surface area contributed by atoms with Gasteiger partial charge in [-0.25, -0.2) is 8.42 Å². The number of aryl methyl sites for hydroxylation is 1. The Hall–Kier alpha value is -2.98. The molecule has 2 aromatic carbocycles. The van der Waals surface area contributed by atoms with Crippen LogP contribution in [0.3, 0.4) is 0 Å². The largest absolute Gasteiger partial charge is 0.493 e. The molecule has 136 valence electrons. The number of hydrogen-bond donors (Lipinski definition) is 0. The molecule has 7 heteroatoms. The van der Waals surface area contributed by atoms with Gasteiger partial charge >= 0.3 is 0 Å². The van der Waals surface area contributed by atoms with Crippen LogP contribution in [0.15, 0.2) is 46.2 Å². The highest BCUT2D eigenvalue weighted by atomic mass is 32.2. The Kier molecular flexibility index (Phi) is 5.90. The Morgan fingerprint density at radius 3 is 1.96 bits per heavy atom. The zero-order valence-corrected chi connectivity index (χ0v) is 15.8. The molecule has 0 aliphatic carbocycles. The van der Waals surface area contributed by atoms with E-state index in [0.717, 1.165) is 5.56 Å². The molecule has 0 unspecified atom stereocenters. The number of ether oxygens (including phenoxy) is 3. The van der Waals surface area contributed by atoms with Gasteiger partial charge in [0, 0.05) is 0 Å². The molecule has 0 aliphatic rings. The van der Waals surface area contributed by atoms with Crippen molar-refractivity contribution in [3.8, 4) is 23.3 Å². The molecule has 0 aliphatic heterocycles. The van der Waals surface area contributed by atoms with E-state index in [-0.39, 0.29) is 9.80 Å². The van der Waals surface area contributed by atoms with Crippen LogP contribution in [0.1, 0.15) is 11.1 Å². The fourth-order valence-corrected chi connectivity index (χ4v) is 3.51. The lowest BCUT2D eigenvalue weighted by Gasteiger charge is -2.13. The van der Waals surface area contributed by atoms with E-state index in [1.54, 1.807) is 30.3 Å². The highest BCUT2D eigenvalue weighted by Gasteiger charge is 2.21. The second kappa shape index (κ2) is 7.93. The summed E-state index contributed by atoms with van der Waals surface area (Å²) in [6.07, 6.45) is 1.28. The second-order valence-corrected chi connectivity index (χ2v) is 7.31. The van der Waals surface area contributed by atoms with Crippen molar-refractivity contribution in [3.63, 3.8) is 0 Å². The Morgan fingerprint density at radius 2 is 1.54 bits per heavy atom. The van der Waals surface area contributed by atoms with Crippen LogP contribution in [0, 0.1) is 18.3 Å². The van der Waals surface area contributed by atoms with Crippen molar-refractivity contribution in [2.45, 2.75) is 11.8 Å². The Bertz CT molecular complexity index is 945. The van der Waals surface area contributed by atoms with Crippen LogP contribution in [0.2, 0.25) is 0 Å². The van der Waals surface area contributed by atoms with Crippen LogP contribution in [0.25, 0.3) is 6.08 Å². The van der Waals surface area contributed by atoms with Gasteiger partial charge in [-0.15, -0.1) is 0 Å². The van der Waals surface area contributed by atoms with Crippen molar-refractivity contribution in [3.05, 3.63) is 52.4 Å². The molecular weight excluding hydrogens is 354 g/mol. The first-order chi connectivity index (χ1) is 12.4. The molecule has 0 atom stereocenters. The van der Waals surface area contributed by atoms with Crippen LogP contribution in [-0.2, 0) is 9.84 Å². The first-order valence-electron chi connectivity index (χ1n) is 7.61. The van der Waals surface area contributed by atoms with Crippen LogP contribution in [0.5, 0.6) is 17.2 Å². The SMILES string of the molecule is COc1cc(/C=C(\C#N)S(=O)(=O)c2ccc(C)cc2)cc(OC)c1OC. The molecule has 0 spiro atoms. The highest BCUT2D eigenvalue weighted by molar-refractivity contribution is 7.95. The molecule has 6 nitrogen and oxygen atoms in total. The summed E-state index contributed by atoms with van der Waals surface area (Å²) >= 11 is 0. The Morgan fingerprint density at radius 1 is 1.00 bits per heavy atom. The van der Waals surface area contributed by atoms with E-state index in [1.165, 1.54) is 39.5 Å². The summed E-state index contributed by atoms with van der Waals surface area (Å²) in [7, 11) is 0.452. The van der Waals surface area contributed by atoms with Crippen molar-refractivity contribution in [2.75, 3.05) is 21.3 Å². The summed E-state index contributed by atoms with van der Waals surface area (Å²) in [5, 5.41) is 9.41. The normalized spacial score (nSPS) is 11.6. The van der Waals surface area contributed by atoms with E-state index in [1.807, 2.05) is 6.92 Å². The van der Waals surface area contributed by atoms with Gasteiger partial charge in [0.15, 0.2) is 11.5 Å². The standard InChI is InChI=1S/C19H19NO5S/c1-13-5-7-15(8-6-13)26(21,22)16(12-20)9-14-10-17(23-2)19(25-4)18(11-14)24-3/h5-11H,1-4H3/b16-9+. The lowest BCUT2D eigenvalue weighted by atomic mass is 10.1. The van der Waals surface area contributed by atoms with Gasteiger partial charge in [0.25, 0.3) is 0 Å². The van der Waals surface area contributed by atoms with Crippen LogP contribution in [0.4, 0.5) is 0 Å². The predicted octanol–water partition coefficient (Wildman–Crippen LogP) is 3.36. The highest BCUT2D eigenvalue weighted by Crippen LogP contribution is 2.39. The molecule has 0 N–H and O–H groups in total. The second-order valence-electron chi connectivity index (χ2n) is 5.40. The van der Waals surface area contributed by atoms with E-state index in [9.17, 15) is 13.7 Å². The minimum Gasteiger partial charge on any atom is -0.493 e. The van der Waals surface area contributed by atoms with Gasteiger partial charge in [-0.2, -0.15) is 5.26 Å². The summed E-state index contributed by atoms with van der Waals surface area (Å²) in [6, 6.07) is 11.2. The van der Waals surface area contributed by atoms with E-state index in [4.69, 9.17) is 14.2 Å². The minimum atomic E-state index is -3.93. The molecule has 26 heavy (non-hydrogen) atoms. The van der Waals surface area contributed by atoms with E-state index in [0.29, 0.717) is 22.8 Å². The summed E-state index contributed by atoms with van der Waals surface area (Å²) in [4.78, 5) is -0.320. The van der Waals surface area contributed by atoms with Gasteiger partial charge in [-0.05, 0) is 42.8 Å². The molecule has 2 aromatic rings. The zero-order chi connectivity index (χ0) is 19.3. The van der Waals surface area contributed by atoms with E-state index >= 15 is 0 Å². The molecule has 0 amide bonds. The maximum absolute atomic E-state index is 12.7. The first kappa shape index (κ1) is 19.3. The number of benzene rings is 2. The number of methoxy groups -OCH3 is 3. The Labute approximate surface area is 153 Å². The van der Waals surface area contributed by atoms with Crippen molar-refractivity contribution in [1.82, 2.24) is 0 Å². The molecule has 0 radical (unpaired) electrons. The van der Waals surface area contributed by atoms with Crippen molar-refractivity contribution in [2.24, 2.45) is 0 Å². The number of allylic oxidation sites excluding steroid dienone is 1. The molecule has 0 saturated heterocycles. The van der Waals surface area contributed by atoms with Gasteiger partial charge in [0.1, 0.15) is 11.0 Å². The molecule has 0 fully saturated rings.